The summed E-state index contributed by atoms with van der Waals surface area (Å²) in [6, 6.07) is 19.8. The highest BCUT2D eigenvalue weighted by atomic mass is 16.1. The van der Waals surface area contributed by atoms with Crippen LogP contribution in [0, 0.1) is 17.2 Å². The van der Waals surface area contributed by atoms with E-state index in [9.17, 15) is 4.79 Å². The smallest absolute Gasteiger partial charge is 0.123 e. The van der Waals surface area contributed by atoms with Crippen LogP contribution in [0.4, 0.5) is 0 Å². The van der Waals surface area contributed by atoms with Crippen LogP contribution in [0.1, 0.15) is 23.1 Å². The van der Waals surface area contributed by atoms with Gasteiger partial charge < -0.3 is 4.79 Å². The normalized spacial score (nSPS) is 11.6. The molecule has 0 radical (unpaired) electrons. The van der Waals surface area contributed by atoms with Crippen molar-refractivity contribution in [1.82, 2.24) is 0 Å². The zero-order valence-electron chi connectivity index (χ0n) is 11.3. The topological polar surface area (TPSA) is 40.9 Å². The fourth-order valence-corrected chi connectivity index (χ4v) is 2.23. The summed E-state index contributed by atoms with van der Waals surface area (Å²) in [5.74, 6) is 0.0491. The minimum Gasteiger partial charge on any atom is -0.303 e. The van der Waals surface area contributed by atoms with E-state index >= 15 is 0 Å². The predicted molar refractivity (Wildman–Crippen MR) is 79.2 cm³/mol. The third-order valence-electron chi connectivity index (χ3n) is 3.42. The molecule has 1 unspecified atom stereocenters. The maximum atomic E-state index is 11.2. The number of aldehydes is 1. The molecule has 1 atom stereocenters. The van der Waals surface area contributed by atoms with Crippen molar-refractivity contribution >= 4 is 6.29 Å². The van der Waals surface area contributed by atoms with Crippen molar-refractivity contribution in [3.8, 4) is 6.07 Å². The second kappa shape index (κ2) is 7.25. The van der Waals surface area contributed by atoms with Gasteiger partial charge in [0.05, 0.1) is 11.6 Å². The van der Waals surface area contributed by atoms with E-state index in [1.165, 1.54) is 11.1 Å². The van der Waals surface area contributed by atoms with Crippen LogP contribution < -0.4 is 0 Å². The van der Waals surface area contributed by atoms with Gasteiger partial charge in [0.15, 0.2) is 0 Å². The van der Waals surface area contributed by atoms with Gasteiger partial charge in [0, 0.05) is 5.92 Å². The van der Waals surface area contributed by atoms with Gasteiger partial charge in [-0.25, -0.2) is 0 Å². The lowest BCUT2D eigenvalue weighted by atomic mass is 9.94. The maximum Gasteiger partial charge on any atom is 0.123 e. The van der Waals surface area contributed by atoms with Gasteiger partial charge in [0.25, 0.3) is 0 Å². The molecule has 2 nitrogen and oxygen atoms in total. The van der Waals surface area contributed by atoms with Crippen LogP contribution in [-0.4, -0.2) is 6.29 Å². The molecule has 2 rings (SSSR count). The second-order valence-corrected chi connectivity index (χ2v) is 4.93. The molecule has 0 saturated carbocycles. The molecule has 2 heteroatoms. The average Bonchev–Trinajstić information content (AvgIpc) is 2.53. The molecule has 0 aliphatic rings. The summed E-state index contributed by atoms with van der Waals surface area (Å²) in [5.41, 5.74) is 3.04. The lowest BCUT2D eigenvalue weighted by molar-refractivity contribution is -0.111. The Morgan fingerprint density at radius 2 is 1.70 bits per heavy atom. The molecule has 0 aliphatic carbocycles. The molecule has 0 saturated heterocycles. The lowest BCUT2D eigenvalue weighted by Crippen LogP contribution is -2.07. The van der Waals surface area contributed by atoms with E-state index in [1.807, 2.05) is 42.5 Å². The van der Waals surface area contributed by atoms with E-state index in [0.717, 1.165) is 25.5 Å². The Hall–Kier alpha value is -2.40. The summed E-state index contributed by atoms with van der Waals surface area (Å²) in [7, 11) is 0. The number of nitrogens with zero attached hydrogens (tertiary/aromatic N) is 1. The van der Waals surface area contributed by atoms with Gasteiger partial charge in [-0.15, -0.1) is 0 Å². The van der Waals surface area contributed by atoms with E-state index in [-0.39, 0.29) is 5.92 Å². The van der Waals surface area contributed by atoms with E-state index in [1.54, 1.807) is 0 Å². The molecule has 100 valence electrons. The van der Waals surface area contributed by atoms with Gasteiger partial charge in [-0.2, -0.15) is 5.26 Å². The highest BCUT2D eigenvalue weighted by Gasteiger charge is 2.08. The SMILES string of the molecule is N#Cc1ccc(CCC(C=O)Cc2ccccc2)cc1. The fraction of sp³-hybridized carbons (Fsp3) is 0.222. The molecule has 0 fully saturated rings. The summed E-state index contributed by atoms with van der Waals surface area (Å²) in [6.07, 6.45) is 3.55. The number of benzene rings is 2. The summed E-state index contributed by atoms with van der Waals surface area (Å²) in [4.78, 5) is 11.2. The monoisotopic (exact) mass is 263 g/mol. The first-order valence-corrected chi connectivity index (χ1v) is 6.80. The van der Waals surface area contributed by atoms with Gasteiger partial charge in [0.2, 0.25) is 0 Å². The lowest BCUT2D eigenvalue weighted by Gasteiger charge is -2.10. The fourth-order valence-electron chi connectivity index (χ4n) is 2.23. The first-order valence-electron chi connectivity index (χ1n) is 6.80. The number of carbonyl (C=O) groups is 1. The quantitative estimate of drug-likeness (QED) is 0.748. The number of hydrogen-bond donors (Lipinski definition) is 0. The van der Waals surface area contributed by atoms with Crippen LogP contribution in [0.15, 0.2) is 54.6 Å². The van der Waals surface area contributed by atoms with E-state index < -0.39 is 0 Å². The van der Waals surface area contributed by atoms with Crippen LogP contribution in [-0.2, 0) is 17.6 Å². The van der Waals surface area contributed by atoms with Gasteiger partial charge in [0.1, 0.15) is 6.29 Å². The van der Waals surface area contributed by atoms with Crippen molar-refractivity contribution in [2.45, 2.75) is 19.3 Å². The van der Waals surface area contributed by atoms with Gasteiger partial charge in [-0.1, -0.05) is 42.5 Å². The molecule has 2 aromatic rings. The highest BCUT2D eigenvalue weighted by molar-refractivity contribution is 5.54. The molecule has 2 aromatic carbocycles. The number of hydrogen-bond acceptors (Lipinski definition) is 2. The summed E-state index contributed by atoms with van der Waals surface area (Å²) < 4.78 is 0. The molecule has 20 heavy (non-hydrogen) atoms. The molecule has 0 aromatic heterocycles. The van der Waals surface area contributed by atoms with Gasteiger partial charge >= 0.3 is 0 Å². The van der Waals surface area contributed by atoms with Crippen molar-refractivity contribution in [2.24, 2.45) is 5.92 Å². The van der Waals surface area contributed by atoms with Crippen LogP contribution >= 0.6 is 0 Å². The second-order valence-electron chi connectivity index (χ2n) is 4.93. The van der Waals surface area contributed by atoms with Gasteiger partial charge in [-0.3, -0.25) is 0 Å². The third kappa shape index (κ3) is 4.07. The first-order chi connectivity index (χ1) is 9.81. The Bertz CT molecular complexity index is 581. The van der Waals surface area contributed by atoms with Crippen LogP contribution in [0.25, 0.3) is 0 Å². The largest absolute Gasteiger partial charge is 0.303 e. The van der Waals surface area contributed by atoms with Crippen LogP contribution in [0.3, 0.4) is 0 Å². The Labute approximate surface area is 119 Å². The number of aryl methyl sites for hydroxylation is 1. The molecule has 0 bridgehead atoms. The van der Waals surface area contributed by atoms with Gasteiger partial charge in [-0.05, 0) is 42.5 Å². The summed E-state index contributed by atoms with van der Waals surface area (Å²) in [6.45, 7) is 0. The minimum absolute atomic E-state index is 0.0491. The molecular weight excluding hydrogens is 246 g/mol. The average molecular weight is 263 g/mol. The van der Waals surface area contributed by atoms with Crippen molar-refractivity contribution in [1.29, 1.82) is 5.26 Å². The van der Waals surface area contributed by atoms with Crippen molar-refractivity contribution < 1.29 is 4.79 Å². The number of carbonyl (C=O) groups excluding carboxylic acids is 1. The highest BCUT2D eigenvalue weighted by Crippen LogP contribution is 2.14. The number of rotatable bonds is 6. The standard InChI is InChI=1S/C18H17NO/c19-13-17-9-6-15(7-10-17)8-11-18(14-20)12-16-4-2-1-3-5-16/h1-7,9-10,14,18H,8,11-12H2. The van der Waals surface area contributed by atoms with Crippen molar-refractivity contribution in [3.05, 3.63) is 71.3 Å². The van der Waals surface area contributed by atoms with Crippen LogP contribution in [0.2, 0.25) is 0 Å². The molecular formula is C18H17NO. The molecule has 0 N–H and O–H groups in total. The molecule has 0 aliphatic heterocycles. The Kier molecular flexibility index (Phi) is 5.08. The van der Waals surface area contributed by atoms with Crippen molar-refractivity contribution in [3.63, 3.8) is 0 Å². The summed E-state index contributed by atoms with van der Waals surface area (Å²) >= 11 is 0. The van der Waals surface area contributed by atoms with Crippen LogP contribution in [0.5, 0.6) is 0 Å². The third-order valence-corrected chi connectivity index (χ3v) is 3.42. The molecule has 0 spiro atoms. The Balaban J connectivity index is 1.90. The van der Waals surface area contributed by atoms with E-state index in [4.69, 9.17) is 5.26 Å². The predicted octanol–water partition coefficient (Wildman–Crippen LogP) is 3.55. The van der Waals surface area contributed by atoms with E-state index in [0.29, 0.717) is 5.56 Å². The first kappa shape index (κ1) is 14.0. The summed E-state index contributed by atoms with van der Waals surface area (Å²) in [5, 5.41) is 8.75. The zero-order valence-corrected chi connectivity index (χ0v) is 11.3. The Morgan fingerprint density at radius 1 is 1.00 bits per heavy atom. The molecule has 0 amide bonds. The van der Waals surface area contributed by atoms with Crippen molar-refractivity contribution in [2.75, 3.05) is 0 Å². The Morgan fingerprint density at radius 3 is 2.30 bits per heavy atom. The maximum absolute atomic E-state index is 11.2. The zero-order chi connectivity index (χ0) is 14.2. The van der Waals surface area contributed by atoms with E-state index in [2.05, 4.69) is 18.2 Å². The minimum atomic E-state index is 0.0491. The molecule has 0 heterocycles. The number of nitriles is 1.